The van der Waals surface area contributed by atoms with E-state index in [-0.39, 0.29) is 16.0 Å². The molecule has 3 heterocycles. The molecule has 1 saturated heterocycles. The Balaban J connectivity index is 1.43. The maximum Gasteiger partial charge on any atom is 0.250 e. The van der Waals surface area contributed by atoms with Crippen molar-refractivity contribution in [3.8, 4) is 0 Å². The van der Waals surface area contributed by atoms with Crippen molar-refractivity contribution in [3.05, 3.63) is 46.8 Å². The van der Waals surface area contributed by atoms with Gasteiger partial charge in [0, 0.05) is 19.0 Å². The zero-order chi connectivity index (χ0) is 21.3. The van der Waals surface area contributed by atoms with Gasteiger partial charge in [0.25, 0.3) is 10.0 Å². The molecule has 4 rings (SSSR count). The highest BCUT2D eigenvalue weighted by Gasteiger charge is 2.34. The third kappa shape index (κ3) is 4.44. The molecule has 9 heteroatoms. The largest absolute Gasteiger partial charge is 0.341 e. The van der Waals surface area contributed by atoms with E-state index < -0.39 is 16.1 Å². The smallest absolute Gasteiger partial charge is 0.250 e. The number of amides is 1. The molecular weight excluding hydrogens is 438 g/mol. The first-order chi connectivity index (χ1) is 14.3. The fraction of sp³-hybridized carbons (Fsp3) is 0.429. The molecule has 1 amide bonds. The number of benzene rings is 1. The summed E-state index contributed by atoms with van der Waals surface area (Å²) in [4.78, 5) is 19.7. The number of rotatable bonds is 6. The summed E-state index contributed by atoms with van der Waals surface area (Å²) in [6, 6.07) is 10.6. The second-order valence-electron chi connectivity index (χ2n) is 7.89. The fourth-order valence-electron chi connectivity index (χ4n) is 3.72. The molecule has 0 aliphatic carbocycles. The molecule has 6 nitrogen and oxygen atoms in total. The number of sulfonamides is 1. The second-order valence-corrected chi connectivity index (χ2v) is 11.8. The topological polar surface area (TPSA) is 79.4 Å². The van der Waals surface area contributed by atoms with Crippen LogP contribution in [0.25, 0.3) is 10.2 Å². The third-order valence-corrected chi connectivity index (χ3v) is 9.48. The number of para-hydroxylation sites is 1. The van der Waals surface area contributed by atoms with Crippen molar-refractivity contribution in [2.45, 2.75) is 42.9 Å². The van der Waals surface area contributed by atoms with Crippen LogP contribution in [-0.2, 0) is 14.8 Å². The van der Waals surface area contributed by atoms with Gasteiger partial charge in [-0.15, -0.1) is 22.7 Å². The lowest BCUT2D eigenvalue weighted by Gasteiger charge is -2.34. The normalized spacial score (nSPS) is 17.0. The van der Waals surface area contributed by atoms with E-state index in [4.69, 9.17) is 4.98 Å². The van der Waals surface area contributed by atoms with Crippen molar-refractivity contribution in [2.24, 2.45) is 5.92 Å². The van der Waals surface area contributed by atoms with Gasteiger partial charge in [0.15, 0.2) is 0 Å². The van der Waals surface area contributed by atoms with Gasteiger partial charge in [-0.1, -0.05) is 32.0 Å². The highest BCUT2D eigenvalue weighted by atomic mass is 32.2. The van der Waals surface area contributed by atoms with Gasteiger partial charge < -0.3 is 4.90 Å². The fourth-order valence-corrected chi connectivity index (χ4v) is 7.21. The van der Waals surface area contributed by atoms with E-state index in [0.29, 0.717) is 19.0 Å². The summed E-state index contributed by atoms with van der Waals surface area (Å²) < 4.78 is 29.3. The molecule has 0 saturated carbocycles. The van der Waals surface area contributed by atoms with Crippen LogP contribution >= 0.6 is 22.7 Å². The lowest BCUT2D eigenvalue weighted by atomic mass is 9.96. The van der Waals surface area contributed by atoms with Gasteiger partial charge in [-0.3, -0.25) is 4.79 Å². The molecule has 1 N–H and O–H groups in total. The van der Waals surface area contributed by atoms with Crippen LogP contribution in [-0.4, -0.2) is 43.3 Å². The first-order valence-electron chi connectivity index (χ1n) is 10.1. The summed E-state index contributed by atoms with van der Waals surface area (Å²) in [5.74, 6) is 0.0499. The molecule has 1 aliphatic rings. The molecule has 1 fully saturated rings. The molecule has 0 spiro atoms. The van der Waals surface area contributed by atoms with Crippen molar-refractivity contribution in [3.63, 3.8) is 0 Å². The first kappa shape index (κ1) is 21.4. The number of thiazole rings is 1. The van der Waals surface area contributed by atoms with Crippen LogP contribution in [0.5, 0.6) is 0 Å². The number of hydrogen-bond donors (Lipinski definition) is 1. The van der Waals surface area contributed by atoms with E-state index in [1.807, 2.05) is 32.0 Å². The summed E-state index contributed by atoms with van der Waals surface area (Å²) in [5.41, 5.74) is 1.03. The highest BCUT2D eigenvalue weighted by Crippen LogP contribution is 2.34. The van der Waals surface area contributed by atoms with Crippen molar-refractivity contribution in [1.29, 1.82) is 0 Å². The minimum atomic E-state index is -3.70. The summed E-state index contributed by atoms with van der Waals surface area (Å²) in [7, 11) is -3.70. The number of piperidine rings is 1. The van der Waals surface area contributed by atoms with E-state index in [0.717, 1.165) is 34.7 Å². The Labute approximate surface area is 185 Å². The molecule has 1 aromatic carbocycles. The number of carbonyl (C=O) groups excluding carboxylic acids is 1. The van der Waals surface area contributed by atoms with Gasteiger partial charge in [-0.2, -0.15) is 4.72 Å². The maximum absolute atomic E-state index is 13.2. The molecule has 0 bridgehead atoms. The van der Waals surface area contributed by atoms with Gasteiger partial charge in [0.2, 0.25) is 5.91 Å². The minimum absolute atomic E-state index is 0.144. The van der Waals surface area contributed by atoms with E-state index >= 15 is 0 Å². The quantitative estimate of drug-likeness (QED) is 0.598. The van der Waals surface area contributed by atoms with Crippen LogP contribution in [0.15, 0.2) is 46.0 Å². The lowest BCUT2D eigenvalue weighted by Crippen LogP contribution is -2.52. The average molecular weight is 464 g/mol. The molecular formula is C21H25N3O3S3. The Bertz CT molecular complexity index is 1080. The van der Waals surface area contributed by atoms with Crippen LogP contribution in [0.4, 0.5) is 0 Å². The third-order valence-electron chi connectivity index (χ3n) is 5.44. The molecule has 1 atom stereocenters. The van der Waals surface area contributed by atoms with E-state index in [2.05, 4.69) is 10.8 Å². The Kier molecular flexibility index (Phi) is 6.24. The average Bonchev–Trinajstić information content (AvgIpc) is 3.41. The number of thiophene rings is 1. The molecule has 2 aromatic heterocycles. The standard InChI is InChI=1S/C21H25N3O3S3/c1-14(2)19(23-30(26,27)18-8-5-13-28-18)21(25)24-11-9-15(10-12-24)20-22-16-6-3-4-7-17(16)29-20/h3-8,13-15,19,23H,9-12H2,1-2H3/t19-/m1/s1. The Morgan fingerprint density at radius 1 is 1.17 bits per heavy atom. The summed E-state index contributed by atoms with van der Waals surface area (Å²) in [5, 5.41) is 2.84. The summed E-state index contributed by atoms with van der Waals surface area (Å²) in [6.45, 7) is 4.97. The summed E-state index contributed by atoms with van der Waals surface area (Å²) in [6.07, 6.45) is 1.68. The summed E-state index contributed by atoms with van der Waals surface area (Å²) >= 11 is 2.88. The van der Waals surface area contributed by atoms with Crippen molar-refractivity contribution in [2.75, 3.05) is 13.1 Å². The molecule has 0 radical (unpaired) electrons. The predicted octanol–water partition coefficient (Wildman–Crippen LogP) is 4.07. The zero-order valence-electron chi connectivity index (χ0n) is 16.9. The van der Waals surface area contributed by atoms with Crippen molar-refractivity contribution in [1.82, 2.24) is 14.6 Å². The first-order valence-corrected chi connectivity index (χ1v) is 13.2. The highest BCUT2D eigenvalue weighted by molar-refractivity contribution is 7.91. The molecule has 1 aliphatic heterocycles. The van der Waals surface area contributed by atoms with E-state index in [9.17, 15) is 13.2 Å². The van der Waals surface area contributed by atoms with Gasteiger partial charge in [-0.25, -0.2) is 13.4 Å². The van der Waals surface area contributed by atoms with Crippen LogP contribution in [0.3, 0.4) is 0 Å². The van der Waals surface area contributed by atoms with Crippen LogP contribution < -0.4 is 4.72 Å². The minimum Gasteiger partial charge on any atom is -0.341 e. The number of hydrogen-bond acceptors (Lipinski definition) is 6. The van der Waals surface area contributed by atoms with Crippen LogP contribution in [0.2, 0.25) is 0 Å². The Hall–Kier alpha value is -1.81. The molecule has 0 unspecified atom stereocenters. The maximum atomic E-state index is 13.2. The number of nitrogens with zero attached hydrogens (tertiary/aromatic N) is 2. The van der Waals surface area contributed by atoms with E-state index in [1.54, 1.807) is 33.7 Å². The number of aromatic nitrogens is 1. The van der Waals surface area contributed by atoms with Gasteiger partial charge in [0.05, 0.1) is 15.2 Å². The monoisotopic (exact) mass is 463 g/mol. The van der Waals surface area contributed by atoms with Crippen LogP contribution in [0.1, 0.15) is 37.6 Å². The second kappa shape index (κ2) is 8.74. The SMILES string of the molecule is CC(C)[C@@H](NS(=O)(=O)c1cccs1)C(=O)N1CCC(c2nc3ccccc3s2)CC1. The zero-order valence-corrected chi connectivity index (χ0v) is 19.4. The molecule has 3 aromatic rings. The Morgan fingerprint density at radius 3 is 2.53 bits per heavy atom. The van der Waals surface area contributed by atoms with Crippen LogP contribution in [0, 0.1) is 5.92 Å². The van der Waals surface area contributed by atoms with Crippen molar-refractivity contribution < 1.29 is 13.2 Å². The predicted molar refractivity (Wildman–Crippen MR) is 121 cm³/mol. The van der Waals surface area contributed by atoms with Crippen molar-refractivity contribution >= 4 is 48.8 Å². The number of likely N-dealkylation sites (tertiary alicyclic amines) is 1. The molecule has 30 heavy (non-hydrogen) atoms. The van der Waals surface area contributed by atoms with Gasteiger partial charge in [0.1, 0.15) is 10.3 Å². The lowest BCUT2D eigenvalue weighted by molar-refractivity contribution is -0.135. The van der Waals surface area contributed by atoms with Gasteiger partial charge >= 0.3 is 0 Å². The number of fused-ring (bicyclic) bond motifs is 1. The number of carbonyl (C=O) groups is 1. The molecule has 160 valence electrons. The number of nitrogens with one attached hydrogen (secondary N) is 1. The van der Waals surface area contributed by atoms with Gasteiger partial charge in [-0.05, 0) is 42.3 Å². The van der Waals surface area contributed by atoms with E-state index in [1.165, 1.54) is 4.70 Å². The Morgan fingerprint density at radius 2 is 1.90 bits per heavy atom.